The first kappa shape index (κ1) is 27.8. The number of benzene rings is 3. The van der Waals surface area contributed by atoms with Gasteiger partial charge in [0.05, 0.1) is 35.2 Å². The molecule has 2 N–H and O–H groups in total. The van der Waals surface area contributed by atoms with Crippen LogP contribution in [-0.2, 0) is 11.3 Å². The van der Waals surface area contributed by atoms with Gasteiger partial charge in [0.1, 0.15) is 5.75 Å². The SMILES string of the molecule is CCOc1ccc(NC(=O)CSc2nnc(CNC(=O)c3cc(Cl)ccc3Cl)n2-c2cccc(Cl)c2)cc1. The smallest absolute Gasteiger partial charge is 0.253 e. The third-order valence-corrected chi connectivity index (χ3v) is 6.86. The molecule has 0 atom stereocenters. The van der Waals surface area contributed by atoms with Gasteiger partial charge in [-0.05, 0) is 67.6 Å². The Labute approximate surface area is 238 Å². The highest BCUT2D eigenvalue weighted by molar-refractivity contribution is 7.99. The summed E-state index contributed by atoms with van der Waals surface area (Å²) in [6.45, 7) is 2.51. The molecule has 0 aliphatic heterocycles. The number of carbonyl (C=O) groups excluding carboxylic acids is 2. The van der Waals surface area contributed by atoms with Gasteiger partial charge in [0.15, 0.2) is 11.0 Å². The summed E-state index contributed by atoms with van der Waals surface area (Å²) in [5.41, 5.74) is 1.58. The molecule has 4 rings (SSSR count). The molecule has 2 amide bonds. The normalized spacial score (nSPS) is 10.7. The van der Waals surface area contributed by atoms with Gasteiger partial charge in [-0.1, -0.05) is 52.6 Å². The van der Waals surface area contributed by atoms with Crippen LogP contribution < -0.4 is 15.4 Å². The topological polar surface area (TPSA) is 98.1 Å². The molecular formula is C26H22Cl3N5O3S. The highest BCUT2D eigenvalue weighted by atomic mass is 35.5. The average Bonchev–Trinajstić information content (AvgIpc) is 3.31. The van der Waals surface area contributed by atoms with E-state index in [1.807, 2.05) is 13.0 Å². The molecule has 4 aromatic rings. The predicted octanol–water partition coefficient (Wildman–Crippen LogP) is 6.29. The van der Waals surface area contributed by atoms with Crippen LogP contribution >= 0.6 is 46.6 Å². The Morgan fingerprint density at radius 1 is 0.974 bits per heavy atom. The molecular weight excluding hydrogens is 569 g/mol. The Kier molecular flexibility index (Phi) is 9.52. The van der Waals surface area contributed by atoms with E-state index in [0.717, 1.165) is 5.75 Å². The molecule has 1 heterocycles. The van der Waals surface area contributed by atoms with Crippen LogP contribution in [0.3, 0.4) is 0 Å². The lowest BCUT2D eigenvalue weighted by Gasteiger charge is -2.12. The lowest BCUT2D eigenvalue weighted by atomic mass is 10.2. The van der Waals surface area contributed by atoms with Crippen molar-refractivity contribution in [2.75, 3.05) is 17.7 Å². The van der Waals surface area contributed by atoms with E-state index in [0.29, 0.717) is 39.0 Å². The maximum atomic E-state index is 12.7. The Bertz CT molecular complexity index is 1450. The molecule has 0 aliphatic rings. The number of hydrogen-bond acceptors (Lipinski definition) is 6. The van der Waals surface area contributed by atoms with Crippen LogP contribution in [0.2, 0.25) is 15.1 Å². The van der Waals surface area contributed by atoms with Crippen LogP contribution in [0.15, 0.2) is 71.9 Å². The highest BCUT2D eigenvalue weighted by Gasteiger charge is 2.18. The lowest BCUT2D eigenvalue weighted by molar-refractivity contribution is -0.113. The van der Waals surface area contributed by atoms with Gasteiger partial charge in [0.25, 0.3) is 5.91 Å². The minimum absolute atomic E-state index is 0.0418. The van der Waals surface area contributed by atoms with E-state index in [-0.39, 0.29) is 28.8 Å². The molecule has 0 saturated carbocycles. The second-order valence-corrected chi connectivity index (χ2v) is 10.0. The molecule has 0 bridgehead atoms. The number of anilines is 1. The van der Waals surface area contributed by atoms with Gasteiger partial charge in [0, 0.05) is 15.7 Å². The Morgan fingerprint density at radius 3 is 2.47 bits per heavy atom. The molecule has 0 unspecified atom stereocenters. The Hall–Kier alpha value is -3.24. The first-order chi connectivity index (χ1) is 18.3. The second kappa shape index (κ2) is 13.0. The Morgan fingerprint density at radius 2 is 1.74 bits per heavy atom. The van der Waals surface area contributed by atoms with Crippen molar-refractivity contribution in [1.82, 2.24) is 20.1 Å². The summed E-state index contributed by atoms with van der Waals surface area (Å²) in [7, 11) is 0. The number of ether oxygens (including phenoxy) is 1. The number of nitrogens with zero attached hydrogens (tertiary/aromatic N) is 3. The van der Waals surface area contributed by atoms with Gasteiger partial charge < -0.3 is 15.4 Å². The maximum absolute atomic E-state index is 12.7. The van der Waals surface area contributed by atoms with Crippen LogP contribution in [0.4, 0.5) is 5.69 Å². The summed E-state index contributed by atoms with van der Waals surface area (Å²) in [4.78, 5) is 25.4. The molecule has 3 aromatic carbocycles. The van der Waals surface area contributed by atoms with E-state index in [1.54, 1.807) is 59.2 Å². The number of thioether (sulfide) groups is 1. The maximum Gasteiger partial charge on any atom is 0.253 e. The predicted molar refractivity (Wildman–Crippen MR) is 151 cm³/mol. The molecule has 0 aliphatic carbocycles. The molecule has 1 aromatic heterocycles. The zero-order valence-corrected chi connectivity index (χ0v) is 23.2. The summed E-state index contributed by atoms with van der Waals surface area (Å²) in [6, 6.07) is 18.9. The fourth-order valence-electron chi connectivity index (χ4n) is 3.44. The van der Waals surface area contributed by atoms with E-state index in [4.69, 9.17) is 39.5 Å². The van der Waals surface area contributed by atoms with Gasteiger partial charge in [-0.25, -0.2) is 0 Å². The molecule has 0 radical (unpaired) electrons. The average molecular weight is 591 g/mol. The quantitative estimate of drug-likeness (QED) is 0.211. The minimum atomic E-state index is -0.415. The fourth-order valence-corrected chi connectivity index (χ4v) is 4.77. The minimum Gasteiger partial charge on any atom is -0.494 e. The summed E-state index contributed by atoms with van der Waals surface area (Å²) >= 11 is 19.6. The number of aromatic nitrogens is 3. The molecule has 38 heavy (non-hydrogen) atoms. The van der Waals surface area contributed by atoms with Crippen LogP contribution in [-0.4, -0.2) is 38.9 Å². The molecule has 8 nitrogen and oxygen atoms in total. The zero-order chi connectivity index (χ0) is 27.1. The Balaban J connectivity index is 1.48. The third kappa shape index (κ3) is 7.20. The van der Waals surface area contributed by atoms with E-state index >= 15 is 0 Å². The summed E-state index contributed by atoms with van der Waals surface area (Å²) in [5.74, 6) is 0.614. The van der Waals surface area contributed by atoms with E-state index in [2.05, 4.69) is 20.8 Å². The zero-order valence-electron chi connectivity index (χ0n) is 20.1. The van der Waals surface area contributed by atoms with Crippen molar-refractivity contribution in [3.05, 3.63) is 93.2 Å². The summed E-state index contributed by atoms with van der Waals surface area (Å²) < 4.78 is 7.16. The first-order valence-electron chi connectivity index (χ1n) is 11.4. The second-order valence-electron chi connectivity index (χ2n) is 7.82. The molecule has 12 heteroatoms. The van der Waals surface area contributed by atoms with Crippen LogP contribution in [0.5, 0.6) is 5.75 Å². The first-order valence-corrected chi connectivity index (χ1v) is 13.5. The van der Waals surface area contributed by atoms with Gasteiger partial charge in [0.2, 0.25) is 5.91 Å². The van der Waals surface area contributed by atoms with Crippen molar-refractivity contribution < 1.29 is 14.3 Å². The van der Waals surface area contributed by atoms with Gasteiger partial charge in [-0.3, -0.25) is 14.2 Å². The standard InChI is InChI=1S/C26H22Cl3N5O3S/c1-2-37-20-9-7-18(8-10-20)31-24(35)15-38-26-33-32-23(34(26)19-5-3-4-16(27)12-19)14-30-25(36)21-13-17(28)6-11-22(21)29/h3-13H,2,14-15H2,1H3,(H,30,36)(H,31,35). The summed E-state index contributed by atoms with van der Waals surface area (Å²) in [6.07, 6.45) is 0. The highest BCUT2D eigenvalue weighted by Crippen LogP contribution is 2.25. The van der Waals surface area contributed by atoms with Crippen LogP contribution in [0, 0.1) is 0 Å². The lowest BCUT2D eigenvalue weighted by Crippen LogP contribution is -2.25. The van der Waals surface area contributed by atoms with Crippen molar-refractivity contribution in [1.29, 1.82) is 0 Å². The van der Waals surface area contributed by atoms with E-state index in [1.165, 1.54) is 17.8 Å². The fraction of sp³-hybridized carbons (Fsp3) is 0.154. The number of halogens is 3. The number of carbonyl (C=O) groups is 2. The molecule has 196 valence electrons. The van der Waals surface area contributed by atoms with Gasteiger partial charge >= 0.3 is 0 Å². The van der Waals surface area contributed by atoms with Crippen molar-refractivity contribution in [2.45, 2.75) is 18.6 Å². The molecule has 0 fully saturated rings. The third-order valence-electron chi connectivity index (χ3n) is 5.13. The number of nitrogens with one attached hydrogen (secondary N) is 2. The van der Waals surface area contributed by atoms with Gasteiger partial charge in [-0.2, -0.15) is 0 Å². The van der Waals surface area contributed by atoms with Crippen molar-refractivity contribution >= 4 is 64.1 Å². The van der Waals surface area contributed by atoms with Crippen LogP contribution in [0.25, 0.3) is 5.69 Å². The van der Waals surface area contributed by atoms with E-state index < -0.39 is 5.91 Å². The molecule has 0 spiro atoms. The largest absolute Gasteiger partial charge is 0.494 e. The number of hydrogen-bond donors (Lipinski definition) is 2. The van der Waals surface area contributed by atoms with Crippen molar-refractivity contribution in [3.8, 4) is 11.4 Å². The van der Waals surface area contributed by atoms with Crippen LogP contribution in [0.1, 0.15) is 23.1 Å². The monoisotopic (exact) mass is 589 g/mol. The van der Waals surface area contributed by atoms with Gasteiger partial charge in [-0.15, -0.1) is 10.2 Å². The molecule has 0 saturated heterocycles. The number of rotatable bonds is 10. The van der Waals surface area contributed by atoms with Crippen molar-refractivity contribution in [2.24, 2.45) is 0 Å². The number of amides is 2. The summed E-state index contributed by atoms with van der Waals surface area (Å²) in [5, 5.41) is 15.8. The van der Waals surface area contributed by atoms with E-state index in [9.17, 15) is 9.59 Å². The van der Waals surface area contributed by atoms with Crippen molar-refractivity contribution in [3.63, 3.8) is 0 Å².